The second kappa shape index (κ2) is 6.64. The Bertz CT molecular complexity index is 881. The monoisotopic (exact) mass is 340 g/mol. The van der Waals surface area contributed by atoms with Gasteiger partial charge >= 0.3 is 5.97 Å². The van der Waals surface area contributed by atoms with E-state index >= 15 is 0 Å². The zero-order chi connectivity index (χ0) is 18.0. The fraction of sp³-hybridized carbons (Fsp3) is 0.167. The summed E-state index contributed by atoms with van der Waals surface area (Å²) in [6, 6.07) is 9.67. The van der Waals surface area contributed by atoms with Gasteiger partial charge in [-0.05, 0) is 25.1 Å². The summed E-state index contributed by atoms with van der Waals surface area (Å²) in [4.78, 5) is 23.0. The largest absolute Gasteiger partial charge is 0.508 e. The van der Waals surface area contributed by atoms with Crippen LogP contribution in [0.15, 0.2) is 58.1 Å². The minimum absolute atomic E-state index is 0.0413. The second-order valence-corrected chi connectivity index (χ2v) is 5.59. The number of carbonyl (C=O) groups excluding carboxylic acids is 1. The summed E-state index contributed by atoms with van der Waals surface area (Å²) in [6.45, 7) is 1.80. The summed E-state index contributed by atoms with van der Waals surface area (Å²) in [7, 11) is 0. The molecule has 1 unspecified atom stereocenters. The van der Waals surface area contributed by atoms with Gasteiger partial charge in [0.05, 0.1) is 6.04 Å². The molecule has 0 saturated heterocycles. The Balaban J connectivity index is 1.97. The summed E-state index contributed by atoms with van der Waals surface area (Å²) in [5, 5.41) is 24.3. The lowest BCUT2D eigenvalue weighted by Gasteiger charge is -2.21. The molecule has 0 aliphatic carbocycles. The van der Waals surface area contributed by atoms with Crippen LogP contribution in [-0.2, 0) is 9.59 Å². The first-order chi connectivity index (χ1) is 12.0. The fourth-order valence-electron chi connectivity index (χ4n) is 2.68. The number of benzene rings is 1. The Morgan fingerprint density at radius 1 is 1.24 bits per heavy atom. The Hall–Kier alpha value is -3.35. The van der Waals surface area contributed by atoms with Crippen molar-refractivity contribution in [2.45, 2.75) is 19.4 Å². The highest BCUT2D eigenvalue weighted by Crippen LogP contribution is 2.37. The van der Waals surface area contributed by atoms with E-state index in [1.54, 1.807) is 37.3 Å². The summed E-state index contributed by atoms with van der Waals surface area (Å²) in [6.07, 6.45) is 2.04. The van der Waals surface area contributed by atoms with Crippen LogP contribution in [0.4, 0.5) is 0 Å². The molecule has 25 heavy (non-hydrogen) atoms. The number of nitrogens with zero attached hydrogens (tertiary/aromatic N) is 2. The first kappa shape index (κ1) is 16.5. The van der Waals surface area contributed by atoms with Gasteiger partial charge in [-0.1, -0.05) is 18.2 Å². The molecule has 0 saturated carbocycles. The van der Waals surface area contributed by atoms with Crippen LogP contribution >= 0.6 is 0 Å². The van der Waals surface area contributed by atoms with E-state index in [1.165, 1.54) is 11.1 Å². The van der Waals surface area contributed by atoms with Crippen molar-refractivity contribution in [1.29, 1.82) is 0 Å². The first-order valence-corrected chi connectivity index (χ1v) is 7.62. The Labute approximate surface area is 143 Å². The molecule has 0 bridgehead atoms. The van der Waals surface area contributed by atoms with E-state index in [1.807, 2.05) is 0 Å². The number of aromatic hydroxyl groups is 1. The van der Waals surface area contributed by atoms with E-state index in [4.69, 9.17) is 9.52 Å². The van der Waals surface area contributed by atoms with Crippen molar-refractivity contribution >= 4 is 17.6 Å². The standard InChI is InChI=1S/C18H16N2O5/c1-11-6-7-16(25-11)13-10-14(12-4-2-3-5-15(12)21)20(19-13)17(22)8-9-18(23)24/h2-9,14,21H,10H2,1H3,(H,23,24)/b9-8+. The number of hydrazone groups is 1. The van der Waals surface area contributed by atoms with E-state index < -0.39 is 17.9 Å². The van der Waals surface area contributed by atoms with Crippen molar-refractivity contribution in [2.75, 3.05) is 0 Å². The van der Waals surface area contributed by atoms with Crippen molar-refractivity contribution in [2.24, 2.45) is 5.10 Å². The minimum atomic E-state index is -1.22. The van der Waals surface area contributed by atoms with Gasteiger partial charge in [-0.3, -0.25) is 4.79 Å². The van der Waals surface area contributed by atoms with Crippen LogP contribution in [0.3, 0.4) is 0 Å². The summed E-state index contributed by atoms with van der Waals surface area (Å²) in [5.74, 6) is -0.520. The molecule has 3 rings (SSSR count). The average molecular weight is 340 g/mol. The lowest BCUT2D eigenvalue weighted by molar-refractivity contribution is -0.132. The lowest BCUT2D eigenvalue weighted by atomic mass is 10.00. The van der Waals surface area contributed by atoms with Crippen LogP contribution in [-0.4, -0.2) is 32.8 Å². The Morgan fingerprint density at radius 3 is 2.64 bits per heavy atom. The number of rotatable bonds is 4. The lowest BCUT2D eigenvalue weighted by Crippen LogP contribution is -2.25. The third-order valence-electron chi connectivity index (χ3n) is 3.83. The Kier molecular flexibility index (Phi) is 4.38. The van der Waals surface area contributed by atoms with Gasteiger partial charge in [-0.15, -0.1) is 0 Å². The number of hydrogen-bond acceptors (Lipinski definition) is 5. The molecule has 2 N–H and O–H groups in total. The molecule has 0 spiro atoms. The molecular formula is C18H16N2O5. The van der Waals surface area contributed by atoms with E-state index in [0.29, 0.717) is 29.2 Å². The first-order valence-electron chi connectivity index (χ1n) is 7.62. The van der Waals surface area contributed by atoms with Crippen molar-refractivity contribution in [3.8, 4) is 5.75 Å². The van der Waals surface area contributed by atoms with Crippen molar-refractivity contribution < 1.29 is 24.2 Å². The number of carboxylic acid groups (broad SMARTS) is 1. The fourth-order valence-corrected chi connectivity index (χ4v) is 2.68. The number of hydrogen-bond donors (Lipinski definition) is 2. The number of aryl methyl sites for hydroxylation is 1. The van der Waals surface area contributed by atoms with Gasteiger partial charge in [0.15, 0.2) is 0 Å². The topological polar surface area (TPSA) is 103 Å². The molecule has 2 heterocycles. The van der Waals surface area contributed by atoms with Crippen molar-refractivity contribution in [3.05, 3.63) is 65.6 Å². The van der Waals surface area contributed by atoms with E-state index in [0.717, 1.165) is 12.2 Å². The molecule has 0 fully saturated rings. The third kappa shape index (κ3) is 3.45. The highest BCUT2D eigenvalue weighted by molar-refractivity contribution is 6.03. The number of phenols is 1. The van der Waals surface area contributed by atoms with E-state index in [9.17, 15) is 14.7 Å². The minimum Gasteiger partial charge on any atom is -0.508 e. The molecular weight excluding hydrogens is 324 g/mol. The number of carboxylic acids is 1. The van der Waals surface area contributed by atoms with Crippen LogP contribution in [0.25, 0.3) is 0 Å². The highest BCUT2D eigenvalue weighted by Gasteiger charge is 2.34. The number of aliphatic carboxylic acids is 1. The van der Waals surface area contributed by atoms with Gasteiger partial charge in [0.25, 0.3) is 5.91 Å². The maximum absolute atomic E-state index is 12.4. The summed E-state index contributed by atoms with van der Waals surface area (Å²) >= 11 is 0. The van der Waals surface area contributed by atoms with Crippen LogP contribution in [0.1, 0.15) is 29.5 Å². The molecule has 1 aromatic carbocycles. The molecule has 1 aromatic heterocycles. The number of furan rings is 1. The van der Waals surface area contributed by atoms with Gasteiger partial charge < -0.3 is 14.6 Å². The predicted octanol–water partition coefficient (Wildman–Crippen LogP) is 2.61. The average Bonchev–Trinajstić information content (AvgIpc) is 3.19. The van der Waals surface area contributed by atoms with Crippen molar-refractivity contribution in [3.63, 3.8) is 0 Å². The molecule has 0 radical (unpaired) electrons. The van der Waals surface area contributed by atoms with Gasteiger partial charge in [-0.25, -0.2) is 9.80 Å². The summed E-state index contributed by atoms with van der Waals surface area (Å²) < 4.78 is 5.56. The molecule has 1 aliphatic rings. The van der Waals surface area contributed by atoms with Crippen LogP contribution in [0, 0.1) is 6.92 Å². The maximum Gasteiger partial charge on any atom is 0.328 e. The van der Waals surface area contributed by atoms with Crippen molar-refractivity contribution in [1.82, 2.24) is 5.01 Å². The molecule has 7 heteroatoms. The van der Waals surface area contributed by atoms with Crippen LogP contribution in [0.5, 0.6) is 5.75 Å². The molecule has 1 amide bonds. The van der Waals surface area contributed by atoms with Crippen LogP contribution in [0.2, 0.25) is 0 Å². The molecule has 1 atom stereocenters. The number of amides is 1. The Morgan fingerprint density at radius 2 is 2.00 bits per heavy atom. The van der Waals surface area contributed by atoms with Gasteiger partial charge in [0.2, 0.25) is 0 Å². The molecule has 128 valence electrons. The van der Waals surface area contributed by atoms with E-state index in [2.05, 4.69) is 5.10 Å². The predicted molar refractivity (Wildman–Crippen MR) is 89.1 cm³/mol. The second-order valence-electron chi connectivity index (χ2n) is 5.59. The quantitative estimate of drug-likeness (QED) is 0.833. The van der Waals surface area contributed by atoms with E-state index in [-0.39, 0.29) is 5.75 Å². The molecule has 7 nitrogen and oxygen atoms in total. The molecule has 2 aromatic rings. The number of carbonyl (C=O) groups is 2. The zero-order valence-electron chi connectivity index (χ0n) is 13.4. The van der Waals surface area contributed by atoms with Gasteiger partial charge in [0, 0.05) is 24.1 Å². The van der Waals surface area contributed by atoms with Crippen LogP contribution < -0.4 is 0 Å². The third-order valence-corrected chi connectivity index (χ3v) is 3.83. The summed E-state index contributed by atoms with van der Waals surface area (Å²) in [5.41, 5.74) is 1.08. The molecule has 1 aliphatic heterocycles. The normalized spacial score (nSPS) is 17.1. The maximum atomic E-state index is 12.4. The number of para-hydroxylation sites is 1. The smallest absolute Gasteiger partial charge is 0.328 e. The zero-order valence-corrected chi connectivity index (χ0v) is 13.4. The van der Waals surface area contributed by atoms with Gasteiger partial charge in [0.1, 0.15) is 23.0 Å². The SMILES string of the molecule is Cc1ccc(C2=NN(C(=O)/C=C/C(=O)O)C(c3ccccc3O)C2)o1. The number of phenolic OH excluding ortho intramolecular Hbond substituents is 1. The van der Waals surface area contributed by atoms with Gasteiger partial charge in [-0.2, -0.15) is 5.10 Å². The highest BCUT2D eigenvalue weighted by atomic mass is 16.4.